The van der Waals surface area contributed by atoms with Crippen LogP contribution in [0.15, 0.2) is 0 Å². The van der Waals surface area contributed by atoms with Crippen molar-refractivity contribution in [2.75, 3.05) is 5.43 Å². The van der Waals surface area contributed by atoms with Crippen molar-refractivity contribution in [3.63, 3.8) is 0 Å². The zero-order chi connectivity index (χ0) is 15.4. The molecule has 3 N–H and O–H groups in total. The van der Waals surface area contributed by atoms with Crippen molar-refractivity contribution in [2.24, 2.45) is 5.84 Å². The maximum atomic E-state index is 5.84. The fourth-order valence-electron chi connectivity index (χ4n) is 2.31. The first-order valence-electron chi connectivity index (χ1n) is 7.17. The first-order valence-corrected chi connectivity index (χ1v) is 7.17. The minimum atomic E-state index is -0.0472. The number of hydrogen-bond donors (Lipinski definition) is 2. The van der Waals surface area contributed by atoms with Gasteiger partial charge in [0.2, 0.25) is 5.95 Å². The van der Waals surface area contributed by atoms with E-state index in [-0.39, 0.29) is 42.4 Å². The summed E-state index contributed by atoms with van der Waals surface area (Å²) in [5.41, 5.74) is 2.39. The van der Waals surface area contributed by atoms with Crippen molar-refractivity contribution in [1.82, 2.24) is 15.0 Å². The van der Waals surface area contributed by atoms with E-state index in [1.807, 2.05) is 27.7 Å². The number of rotatable bonds is 5. The molecule has 1 aliphatic heterocycles. The van der Waals surface area contributed by atoms with Gasteiger partial charge >= 0.3 is 12.0 Å². The Hall–Kier alpha value is -1.67. The molecule has 2 heterocycles. The van der Waals surface area contributed by atoms with Crippen molar-refractivity contribution >= 4 is 5.95 Å². The molecule has 1 aromatic rings. The summed E-state index contributed by atoms with van der Waals surface area (Å²) in [7, 11) is 0. The average molecular weight is 297 g/mol. The van der Waals surface area contributed by atoms with Crippen LogP contribution in [0.2, 0.25) is 0 Å². The molecule has 8 heteroatoms. The monoisotopic (exact) mass is 297 g/mol. The molecule has 0 radical (unpaired) electrons. The van der Waals surface area contributed by atoms with E-state index in [4.69, 9.17) is 20.1 Å². The molecule has 1 saturated heterocycles. The average Bonchev–Trinajstić information content (AvgIpc) is 2.36. The van der Waals surface area contributed by atoms with Crippen molar-refractivity contribution in [2.45, 2.75) is 65.0 Å². The van der Waals surface area contributed by atoms with Gasteiger partial charge < -0.3 is 14.2 Å². The second kappa shape index (κ2) is 6.86. The Morgan fingerprint density at radius 1 is 1.14 bits per heavy atom. The van der Waals surface area contributed by atoms with Gasteiger partial charge in [0.05, 0.1) is 18.3 Å². The Morgan fingerprint density at radius 3 is 2.33 bits per heavy atom. The summed E-state index contributed by atoms with van der Waals surface area (Å²) >= 11 is 0. The van der Waals surface area contributed by atoms with Crippen molar-refractivity contribution in [3.8, 4) is 12.0 Å². The second-order valence-corrected chi connectivity index (χ2v) is 5.50. The number of hydrazine groups is 1. The van der Waals surface area contributed by atoms with E-state index in [2.05, 4.69) is 20.4 Å². The molecule has 0 bridgehead atoms. The van der Waals surface area contributed by atoms with E-state index in [1.54, 1.807) is 0 Å². The van der Waals surface area contributed by atoms with Gasteiger partial charge in [-0.2, -0.15) is 9.97 Å². The van der Waals surface area contributed by atoms with Crippen LogP contribution in [0.4, 0.5) is 5.95 Å². The number of nitrogens with one attached hydrogen (secondary N) is 1. The lowest BCUT2D eigenvalue weighted by molar-refractivity contribution is -0.0739. The van der Waals surface area contributed by atoms with E-state index in [1.165, 1.54) is 0 Å². The predicted molar refractivity (Wildman–Crippen MR) is 77.1 cm³/mol. The third-order valence-electron chi connectivity index (χ3n) is 2.99. The molecule has 1 aromatic heterocycles. The fourth-order valence-corrected chi connectivity index (χ4v) is 2.31. The van der Waals surface area contributed by atoms with Gasteiger partial charge in [-0.05, 0) is 27.7 Å². The summed E-state index contributed by atoms with van der Waals surface area (Å²) < 4.78 is 17.0. The lowest BCUT2D eigenvalue weighted by Gasteiger charge is -2.31. The molecule has 2 unspecified atom stereocenters. The molecule has 2 atom stereocenters. The smallest absolute Gasteiger partial charge is 0.324 e. The molecular weight excluding hydrogens is 274 g/mol. The summed E-state index contributed by atoms with van der Waals surface area (Å²) in [4.78, 5) is 12.3. The Balaban J connectivity index is 2.11. The Bertz CT molecular complexity index is 461. The molecule has 0 saturated carbocycles. The van der Waals surface area contributed by atoms with E-state index < -0.39 is 0 Å². The van der Waals surface area contributed by atoms with E-state index in [0.29, 0.717) is 0 Å². The lowest BCUT2D eigenvalue weighted by Crippen LogP contribution is -2.36. The largest absolute Gasteiger partial charge is 0.461 e. The maximum Gasteiger partial charge on any atom is 0.324 e. The zero-order valence-electron chi connectivity index (χ0n) is 12.9. The number of nitrogens with two attached hydrogens (primary N) is 1. The second-order valence-electron chi connectivity index (χ2n) is 5.50. The summed E-state index contributed by atoms with van der Waals surface area (Å²) in [5.74, 6) is 5.57. The van der Waals surface area contributed by atoms with Gasteiger partial charge in [-0.25, -0.2) is 5.84 Å². The molecule has 0 amide bonds. The van der Waals surface area contributed by atoms with Crippen LogP contribution in [0.25, 0.3) is 0 Å². The van der Waals surface area contributed by atoms with Crippen LogP contribution in [0.1, 0.15) is 40.5 Å². The fraction of sp³-hybridized carbons (Fsp3) is 0.769. The molecule has 21 heavy (non-hydrogen) atoms. The highest BCUT2D eigenvalue weighted by Crippen LogP contribution is 2.23. The summed E-state index contributed by atoms with van der Waals surface area (Å²) in [6.45, 7) is 7.84. The molecule has 8 nitrogen and oxygen atoms in total. The molecule has 0 spiro atoms. The van der Waals surface area contributed by atoms with Gasteiger partial charge in [-0.3, -0.25) is 5.43 Å². The normalized spacial score (nSPS) is 25.7. The van der Waals surface area contributed by atoms with Gasteiger partial charge in [0.1, 0.15) is 6.10 Å². The zero-order valence-corrected chi connectivity index (χ0v) is 12.9. The number of nitrogen functional groups attached to an aromatic ring is 1. The summed E-state index contributed by atoms with van der Waals surface area (Å²) in [6.07, 6.45) is 1.85. The molecule has 0 aromatic carbocycles. The predicted octanol–water partition coefficient (Wildman–Crippen LogP) is 1.28. The topological polar surface area (TPSA) is 104 Å². The number of nitrogens with zero attached hydrogens (tertiary/aromatic N) is 3. The molecule has 1 aliphatic rings. The highest BCUT2D eigenvalue weighted by molar-refractivity contribution is 5.25. The summed E-state index contributed by atoms with van der Waals surface area (Å²) in [6, 6.07) is 0.399. The molecule has 0 aliphatic carbocycles. The minimum absolute atomic E-state index is 0.00340. The van der Waals surface area contributed by atoms with Crippen LogP contribution in [0.3, 0.4) is 0 Å². The van der Waals surface area contributed by atoms with Gasteiger partial charge in [0, 0.05) is 12.8 Å². The quantitative estimate of drug-likeness (QED) is 0.618. The number of aromatic nitrogens is 3. The van der Waals surface area contributed by atoms with Crippen molar-refractivity contribution in [1.29, 1.82) is 0 Å². The van der Waals surface area contributed by atoms with E-state index in [0.717, 1.165) is 12.8 Å². The SMILES string of the molecule is CC(C)Oc1nc(NN)nc(OC2CC(C)OC(C)C2)n1. The Labute approximate surface area is 124 Å². The van der Waals surface area contributed by atoms with Crippen molar-refractivity contribution < 1.29 is 14.2 Å². The highest BCUT2D eigenvalue weighted by atomic mass is 16.5. The third-order valence-corrected chi connectivity index (χ3v) is 2.99. The van der Waals surface area contributed by atoms with Gasteiger partial charge in [-0.15, -0.1) is 4.98 Å². The van der Waals surface area contributed by atoms with E-state index in [9.17, 15) is 0 Å². The van der Waals surface area contributed by atoms with Gasteiger partial charge in [0.25, 0.3) is 0 Å². The minimum Gasteiger partial charge on any atom is -0.461 e. The Kier molecular flexibility index (Phi) is 5.13. The van der Waals surface area contributed by atoms with Crippen LogP contribution < -0.4 is 20.7 Å². The molecular formula is C13H23N5O3. The van der Waals surface area contributed by atoms with Gasteiger partial charge in [0.15, 0.2) is 0 Å². The van der Waals surface area contributed by atoms with Crippen LogP contribution in [0, 0.1) is 0 Å². The van der Waals surface area contributed by atoms with Crippen molar-refractivity contribution in [3.05, 3.63) is 0 Å². The molecule has 2 rings (SSSR count). The van der Waals surface area contributed by atoms with Crippen LogP contribution >= 0.6 is 0 Å². The van der Waals surface area contributed by atoms with Crippen LogP contribution in [-0.4, -0.2) is 39.4 Å². The van der Waals surface area contributed by atoms with Crippen LogP contribution in [-0.2, 0) is 4.74 Å². The number of hydrogen-bond acceptors (Lipinski definition) is 8. The van der Waals surface area contributed by atoms with E-state index >= 15 is 0 Å². The first kappa shape index (κ1) is 15.7. The Morgan fingerprint density at radius 2 is 1.76 bits per heavy atom. The molecule has 118 valence electrons. The molecule has 1 fully saturated rings. The number of anilines is 1. The van der Waals surface area contributed by atoms with Crippen LogP contribution in [0.5, 0.6) is 12.0 Å². The maximum absolute atomic E-state index is 5.84. The standard InChI is InChI=1S/C13H23N5O3/c1-7(2)19-12-15-11(18-14)16-13(17-12)21-10-5-8(3)20-9(4)6-10/h7-10H,5-6,14H2,1-4H3,(H,15,16,17,18). The highest BCUT2D eigenvalue weighted by Gasteiger charge is 2.27. The van der Waals surface area contributed by atoms with Gasteiger partial charge in [-0.1, -0.05) is 0 Å². The number of ether oxygens (including phenoxy) is 3. The summed E-state index contributed by atoms with van der Waals surface area (Å²) in [5, 5.41) is 0. The first-order chi connectivity index (χ1) is 9.96. The third kappa shape index (κ3) is 4.68. The lowest BCUT2D eigenvalue weighted by atomic mass is 10.0.